The van der Waals surface area contributed by atoms with E-state index in [4.69, 9.17) is 16.0 Å². The van der Waals surface area contributed by atoms with Gasteiger partial charge in [-0.3, -0.25) is 14.5 Å². The van der Waals surface area contributed by atoms with Gasteiger partial charge in [0, 0.05) is 35.3 Å². The third-order valence-corrected chi connectivity index (χ3v) is 6.65. The summed E-state index contributed by atoms with van der Waals surface area (Å²) in [6.07, 6.45) is 2.71. The van der Waals surface area contributed by atoms with E-state index in [1.165, 1.54) is 0 Å². The summed E-state index contributed by atoms with van der Waals surface area (Å²) in [6, 6.07) is 21.0. The molecule has 7 heteroatoms. The molecular weight excluding hydrogens is 462 g/mol. The minimum absolute atomic E-state index is 0.0225. The second kappa shape index (κ2) is 12.0. The number of hydrogen-bond donors (Lipinski definition) is 1. The maximum Gasteiger partial charge on any atom is 0.253 e. The molecule has 1 saturated heterocycles. The van der Waals surface area contributed by atoms with Crippen LogP contribution in [0.1, 0.15) is 42.3 Å². The lowest BCUT2D eigenvalue weighted by Crippen LogP contribution is -2.49. The van der Waals surface area contributed by atoms with Crippen molar-refractivity contribution in [1.82, 2.24) is 15.1 Å². The molecule has 0 aliphatic carbocycles. The fraction of sp³-hybridized carbons (Fsp3) is 0.357. The Bertz CT molecular complexity index is 1110. The molecule has 4 rings (SSSR count). The molecule has 0 radical (unpaired) electrons. The Labute approximate surface area is 211 Å². The molecule has 184 valence electrons. The lowest BCUT2D eigenvalue weighted by atomic mass is 10.0. The van der Waals surface area contributed by atoms with Crippen molar-refractivity contribution < 1.29 is 14.0 Å². The Morgan fingerprint density at radius 1 is 1.03 bits per heavy atom. The summed E-state index contributed by atoms with van der Waals surface area (Å²) >= 11 is 5.96. The molecule has 0 bridgehead atoms. The summed E-state index contributed by atoms with van der Waals surface area (Å²) in [4.78, 5) is 29.7. The van der Waals surface area contributed by atoms with E-state index in [1.54, 1.807) is 0 Å². The van der Waals surface area contributed by atoms with Crippen molar-refractivity contribution in [3.8, 4) is 11.3 Å². The first kappa shape index (κ1) is 25.0. The second-order valence-electron chi connectivity index (χ2n) is 8.91. The number of carbonyl (C=O) groups excluding carboxylic acids is 2. The number of benzene rings is 2. The van der Waals surface area contributed by atoms with Crippen LogP contribution in [0.25, 0.3) is 11.3 Å². The van der Waals surface area contributed by atoms with E-state index in [0.717, 1.165) is 42.7 Å². The zero-order chi connectivity index (χ0) is 24.6. The molecule has 0 unspecified atom stereocenters. The Morgan fingerprint density at radius 3 is 2.43 bits per heavy atom. The summed E-state index contributed by atoms with van der Waals surface area (Å²) in [7, 11) is 0. The number of nitrogens with zero attached hydrogens (tertiary/aromatic N) is 2. The van der Waals surface area contributed by atoms with Crippen molar-refractivity contribution >= 4 is 23.4 Å². The van der Waals surface area contributed by atoms with E-state index in [-0.39, 0.29) is 11.8 Å². The van der Waals surface area contributed by atoms with Crippen LogP contribution in [0.15, 0.2) is 71.1 Å². The number of halogens is 1. The van der Waals surface area contributed by atoms with Crippen LogP contribution < -0.4 is 5.32 Å². The lowest BCUT2D eigenvalue weighted by molar-refractivity contribution is -0.123. The van der Waals surface area contributed by atoms with E-state index >= 15 is 0 Å². The van der Waals surface area contributed by atoms with E-state index in [0.29, 0.717) is 43.0 Å². The van der Waals surface area contributed by atoms with Crippen LogP contribution in [0.5, 0.6) is 0 Å². The van der Waals surface area contributed by atoms with Crippen molar-refractivity contribution in [2.24, 2.45) is 0 Å². The predicted octanol–water partition coefficient (Wildman–Crippen LogP) is 5.23. The number of piperidine rings is 1. The molecule has 3 aromatic rings. The van der Waals surface area contributed by atoms with Crippen molar-refractivity contribution in [3.05, 3.63) is 83.1 Å². The number of hydrogen-bond acceptors (Lipinski definition) is 4. The highest BCUT2D eigenvalue weighted by molar-refractivity contribution is 6.30. The number of likely N-dealkylation sites (tertiary alicyclic amines) is 1. The Kier molecular flexibility index (Phi) is 8.61. The van der Waals surface area contributed by atoms with Crippen molar-refractivity contribution in [2.75, 3.05) is 26.2 Å². The molecule has 0 atom stereocenters. The van der Waals surface area contributed by atoms with Crippen LogP contribution in [0.3, 0.4) is 0 Å². The van der Waals surface area contributed by atoms with Gasteiger partial charge in [0.2, 0.25) is 5.91 Å². The summed E-state index contributed by atoms with van der Waals surface area (Å²) in [5.74, 6) is 1.51. The highest BCUT2D eigenvalue weighted by Gasteiger charge is 2.28. The topological polar surface area (TPSA) is 65.8 Å². The molecule has 1 aliphatic rings. The van der Waals surface area contributed by atoms with Gasteiger partial charge in [0.25, 0.3) is 5.91 Å². The van der Waals surface area contributed by atoms with Crippen molar-refractivity contribution in [2.45, 2.75) is 38.8 Å². The first-order valence-corrected chi connectivity index (χ1v) is 12.6. The van der Waals surface area contributed by atoms with Gasteiger partial charge in [-0.05, 0) is 74.3 Å². The highest BCUT2D eigenvalue weighted by atomic mass is 35.5. The Hall–Kier alpha value is -3.09. The van der Waals surface area contributed by atoms with Gasteiger partial charge in [-0.2, -0.15) is 0 Å². The first-order chi connectivity index (χ1) is 17.0. The van der Waals surface area contributed by atoms with Gasteiger partial charge in [-0.15, -0.1) is 0 Å². The molecular formula is C28H32ClN3O3. The third kappa shape index (κ3) is 6.74. The van der Waals surface area contributed by atoms with Crippen LogP contribution in [0.4, 0.5) is 0 Å². The zero-order valence-electron chi connectivity index (χ0n) is 20.1. The second-order valence-corrected chi connectivity index (χ2v) is 9.35. The zero-order valence-corrected chi connectivity index (χ0v) is 20.8. The number of furan rings is 1. The smallest absolute Gasteiger partial charge is 0.253 e. The summed E-state index contributed by atoms with van der Waals surface area (Å²) in [5.41, 5.74) is 1.67. The average molecular weight is 494 g/mol. The van der Waals surface area contributed by atoms with Gasteiger partial charge < -0.3 is 14.6 Å². The van der Waals surface area contributed by atoms with E-state index in [1.807, 2.05) is 71.6 Å². The standard InChI is InChI=1S/C28H32ClN3O3/c1-2-16-32(24-14-17-31(18-15-24)28(34)22-6-4-3-5-7-22)20-27(33)30-19-25-12-13-26(35-25)21-8-10-23(29)11-9-21/h3-13,24H,2,14-20H2,1H3,(H,30,33). The number of amides is 2. The monoisotopic (exact) mass is 493 g/mol. The normalized spacial score (nSPS) is 14.3. The molecule has 0 saturated carbocycles. The minimum atomic E-state index is -0.0225. The molecule has 35 heavy (non-hydrogen) atoms. The van der Waals surface area contributed by atoms with Gasteiger partial charge in [0.05, 0.1) is 13.1 Å². The molecule has 1 aromatic heterocycles. The largest absolute Gasteiger partial charge is 0.459 e. The SMILES string of the molecule is CCCN(CC(=O)NCc1ccc(-c2ccc(Cl)cc2)o1)C1CCN(C(=O)c2ccccc2)CC1. The van der Waals surface area contributed by atoms with Crippen molar-refractivity contribution in [3.63, 3.8) is 0 Å². The van der Waals surface area contributed by atoms with Gasteiger partial charge in [0.15, 0.2) is 0 Å². The maximum atomic E-state index is 12.7. The molecule has 2 heterocycles. The Morgan fingerprint density at radius 2 is 1.74 bits per heavy atom. The van der Waals surface area contributed by atoms with Crippen LogP contribution >= 0.6 is 11.6 Å². The molecule has 1 aliphatic heterocycles. The summed E-state index contributed by atoms with van der Waals surface area (Å²) < 4.78 is 5.89. The predicted molar refractivity (Wildman–Crippen MR) is 138 cm³/mol. The average Bonchev–Trinajstić information content (AvgIpc) is 3.37. The molecule has 2 amide bonds. The fourth-order valence-electron chi connectivity index (χ4n) is 4.54. The number of rotatable bonds is 9. The van der Waals surface area contributed by atoms with Gasteiger partial charge in [-0.1, -0.05) is 36.7 Å². The third-order valence-electron chi connectivity index (χ3n) is 6.40. The highest BCUT2D eigenvalue weighted by Crippen LogP contribution is 2.24. The fourth-order valence-corrected chi connectivity index (χ4v) is 4.67. The summed E-state index contributed by atoms with van der Waals surface area (Å²) in [6.45, 7) is 5.08. The van der Waals surface area contributed by atoms with Gasteiger partial charge >= 0.3 is 0 Å². The van der Waals surface area contributed by atoms with Crippen LogP contribution in [-0.4, -0.2) is 53.8 Å². The lowest BCUT2D eigenvalue weighted by Gasteiger charge is -2.38. The minimum Gasteiger partial charge on any atom is -0.459 e. The summed E-state index contributed by atoms with van der Waals surface area (Å²) in [5, 5.41) is 3.67. The Balaban J connectivity index is 1.26. The van der Waals surface area contributed by atoms with E-state index < -0.39 is 0 Å². The van der Waals surface area contributed by atoms with Crippen LogP contribution in [-0.2, 0) is 11.3 Å². The number of nitrogens with one attached hydrogen (secondary N) is 1. The van der Waals surface area contributed by atoms with Gasteiger partial charge in [-0.25, -0.2) is 0 Å². The molecule has 0 spiro atoms. The number of carbonyl (C=O) groups is 2. The van der Waals surface area contributed by atoms with Crippen molar-refractivity contribution in [1.29, 1.82) is 0 Å². The van der Waals surface area contributed by atoms with E-state index in [2.05, 4.69) is 17.1 Å². The maximum absolute atomic E-state index is 12.7. The molecule has 6 nitrogen and oxygen atoms in total. The quantitative estimate of drug-likeness (QED) is 0.443. The van der Waals surface area contributed by atoms with Crippen LogP contribution in [0, 0.1) is 0 Å². The molecule has 1 fully saturated rings. The van der Waals surface area contributed by atoms with E-state index in [9.17, 15) is 9.59 Å². The first-order valence-electron chi connectivity index (χ1n) is 12.2. The molecule has 2 aromatic carbocycles. The van der Waals surface area contributed by atoms with Gasteiger partial charge in [0.1, 0.15) is 11.5 Å². The van der Waals surface area contributed by atoms with Crippen LogP contribution in [0.2, 0.25) is 5.02 Å². The molecule has 1 N–H and O–H groups in total.